The second-order valence-electron chi connectivity index (χ2n) is 5.68. The van der Waals surface area contributed by atoms with E-state index in [9.17, 15) is 9.59 Å². The molecule has 0 saturated carbocycles. The summed E-state index contributed by atoms with van der Waals surface area (Å²) >= 11 is 3.39. The highest BCUT2D eigenvalue weighted by Crippen LogP contribution is 2.18. The smallest absolute Gasteiger partial charge is 0.267 e. The van der Waals surface area contributed by atoms with Gasteiger partial charge in [-0.05, 0) is 42.3 Å². The van der Waals surface area contributed by atoms with Gasteiger partial charge in [-0.3, -0.25) is 14.6 Å². The Morgan fingerprint density at radius 3 is 2.50 bits per heavy atom. The summed E-state index contributed by atoms with van der Waals surface area (Å²) in [5, 5.41) is 7.11. The molecule has 0 aliphatic carbocycles. The number of aromatic nitrogens is 3. The average Bonchev–Trinajstić information content (AvgIpc) is 2.65. The van der Waals surface area contributed by atoms with Crippen LogP contribution in [0.3, 0.4) is 0 Å². The molecule has 0 radical (unpaired) electrons. The van der Waals surface area contributed by atoms with Crippen molar-refractivity contribution in [3.63, 3.8) is 0 Å². The van der Waals surface area contributed by atoms with Crippen molar-refractivity contribution in [3.8, 4) is 11.3 Å². The number of amides is 1. The Balaban J connectivity index is 1.63. The molecule has 3 rings (SSSR count). The molecule has 3 aromatic rings. The molecule has 1 aromatic carbocycles. The molecule has 0 fully saturated rings. The zero-order valence-corrected chi connectivity index (χ0v) is 15.5. The van der Waals surface area contributed by atoms with Crippen LogP contribution >= 0.6 is 15.9 Å². The third kappa shape index (κ3) is 4.86. The van der Waals surface area contributed by atoms with Gasteiger partial charge in [0.05, 0.1) is 5.69 Å². The van der Waals surface area contributed by atoms with Crippen LogP contribution in [0, 0.1) is 0 Å². The molecule has 0 atom stereocenters. The molecule has 0 bridgehead atoms. The van der Waals surface area contributed by atoms with E-state index in [2.05, 4.69) is 31.3 Å². The summed E-state index contributed by atoms with van der Waals surface area (Å²) in [6.07, 6.45) is 4.14. The molecule has 0 unspecified atom stereocenters. The molecule has 1 amide bonds. The molecular formula is C19H17BrN4O2. The number of nitrogens with one attached hydrogen (secondary N) is 1. The highest BCUT2D eigenvalue weighted by molar-refractivity contribution is 9.10. The lowest BCUT2D eigenvalue weighted by Gasteiger charge is -2.08. The van der Waals surface area contributed by atoms with E-state index in [4.69, 9.17) is 0 Å². The van der Waals surface area contributed by atoms with Gasteiger partial charge >= 0.3 is 0 Å². The lowest BCUT2D eigenvalue weighted by atomic mass is 10.1. The first-order valence-corrected chi connectivity index (χ1v) is 8.91. The summed E-state index contributed by atoms with van der Waals surface area (Å²) in [7, 11) is 0. The largest absolute Gasteiger partial charge is 0.354 e. The number of benzene rings is 1. The van der Waals surface area contributed by atoms with Crippen molar-refractivity contribution in [2.75, 3.05) is 6.54 Å². The van der Waals surface area contributed by atoms with E-state index in [1.807, 2.05) is 36.4 Å². The summed E-state index contributed by atoms with van der Waals surface area (Å²) in [5.41, 5.74) is 2.30. The maximum atomic E-state index is 12.1. The Morgan fingerprint density at radius 1 is 1.04 bits per heavy atom. The number of carbonyl (C=O) groups excluding carboxylic acids is 1. The minimum Gasteiger partial charge on any atom is -0.354 e. The quantitative estimate of drug-likeness (QED) is 0.674. The van der Waals surface area contributed by atoms with Crippen LogP contribution in [0.1, 0.15) is 5.56 Å². The van der Waals surface area contributed by atoms with Crippen LogP contribution in [0.15, 0.2) is 70.2 Å². The van der Waals surface area contributed by atoms with Crippen LogP contribution in [0.5, 0.6) is 0 Å². The first-order valence-electron chi connectivity index (χ1n) is 8.11. The molecular weight excluding hydrogens is 396 g/mol. The number of carbonyl (C=O) groups is 1. The maximum absolute atomic E-state index is 12.1. The normalized spacial score (nSPS) is 10.5. The highest BCUT2D eigenvalue weighted by atomic mass is 79.9. The second kappa shape index (κ2) is 8.53. The zero-order valence-electron chi connectivity index (χ0n) is 13.9. The van der Waals surface area contributed by atoms with Gasteiger partial charge in [0, 0.05) is 35.0 Å². The fourth-order valence-electron chi connectivity index (χ4n) is 2.42. The van der Waals surface area contributed by atoms with Crippen LogP contribution in [0.4, 0.5) is 0 Å². The summed E-state index contributed by atoms with van der Waals surface area (Å²) in [4.78, 5) is 28.1. The fraction of sp³-hybridized carbons (Fsp3) is 0.158. The van der Waals surface area contributed by atoms with Crippen molar-refractivity contribution in [1.29, 1.82) is 0 Å². The van der Waals surface area contributed by atoms with Crippen LogP contribution in [0.25, 0.3) is 11.3 Å². The van der Waals surface area contributed by atoms with E-state index in [0.29, 0.717) is 18.7 Å². The van der Waals surface area contributed by atoms with Gasteiger partial charge in [0.2, 0.25) is 5.91 Å². The van der Waals surface area contributed by atoms with Crippen molar-refractivity contribution in [2.45, 2.75) is 13.0 Å². The summed E-state index contributed by atoms with van der Waals surface area (Å²) in [5.74, 6) is -0.249. The lowest BCUT2D eigenvalue weighted by Crippen LogP contribution is -2.34. The number of nitrogens with zero attached hydrogens (tertiary/aromatic N) is 3. The Hall–Kier alpha value is -2.80. The Bertz CT molecular complexity index is 940. The second-order valence-corrected chi connectivity index (χ2v) is 6.59. The lowest BCUT2D eigenvalue weighted by molar-refractivity contribution is -0.121. The topological polar surface area (TPSA) is 76.9 Å². The SMILES string of the molecule is O=C(Cn1nc(-c2ccc(Br)cc2)ccc1=O)NCCc1ccncc1. The number of rotatable bonds is 6. The molecule has 0 saturated heterocycles. The van der Waals surface area contributed by atoms with Crippen LogP contribution in [-0.4, -0.2) is 27.2 Å². The molecule has 132 valence electrons. The van der Waals surface area contributed by atoms with Crippen molar-refractivity contribution < 1.29 is 4.79 Å². The third-order valence-corrected chi connectivity index (χ3v) is 4.31. The van der Waals surface area contributed by atoms with Gasteiger partial charge < -0.3 is 5.32 Å². The number of halogens is 1. The predicted molar refractivity (Wildman–Crippen MR) is 103 cm³/mol. The average molecular weight is 413 g/mol. The first-order chi connectivity index (χ1) is 12.6. The number of pyridine rings is 1. The summed E-state index contributed by atoms with van der Waals surface area (Å²) in [6, 6.07) is 14.5. The van der Waals surface area contributed by atoms with Crippen molar-refractivity contribution >= 4 is 21.8 Å². The van der Waals surface area contributed by atoms with Crippen LogP contribution in [-0.2, 0) is 17.8 Å². The van der Waals surface area contributed by atoms with Gasteiger partial charge in [-0.15, -0.1) is 0 Å². The minimum absolute atomic E-state index is 0.112. The van der Waals surface area contributed by atoms with Gasteiger partial charge in [0.25, 0.3) is 5.56 Å². The highest BCUT2D eigenvalue weighted by Gasteiger charge is 2.08. The van der Waals surface area contributed by atoms with E-state index < -0.39 is 0 Å². The van der Waals surface area contributed by atoms with Crippen molar-refractivity contribution in [2.24, 2.45) is 0 Å². The number of hydrogen-bond donors (Lipinski definition) is 1. The molecule has 2 aromatic heterocycles. The van der Waals surface area contributed by atoms with Crippen LogP contribution < -0.4 is 10.9 Å². The minimum atomic E-state index is -0.310. The van der Waals surface area contributed by atoms with E-state index in [1.165, 1.54) is 10.7 Å². The first kappa shape index (κ1) is 18.0. The standard InChI is InChI=1S/C19H17BrN4O2/c20-16-3-1-15(2-4-16)17-5-6-19(26)24(23-17)13-18(25)22-12-9-14-7-10-21-11-8-14/h1-8,10-11H,9,12-13H2,(H,22,25). The molecule has 0 aliphatic rings. The monoisotopic (exact) mass is 412 g/mol. The molecule has 6 nitrogen and oxygen atoms in total. The summed E-state index contributed by atoms with van der Waals surface area (Å²) < 4.78 is 2.14. The van der Waals surface area contributed by atoms with E-state index in [-0.39, 0.29) is 18.0 Å². The van der Waals surface area contributed by atoms with Crippen LogP contribution in [0.2, 0.25) is 0 Å². The molecule has 7 heteroatoms. The Morgan fingerprint density at radius 2 is 1.77 bits per heavy atom. The summed E-state index contributed by atoms with van der Waals surface area (Å²) in [6.45, 7) is 0.379. The molecule has 1 N–H and O–H groups in total. The fourth-order valence-corrected chi connectivity index (χ4v) is 2.69. The van der Waals surface area contributed by atoms with Gasteiger partial charge in [0.15, 0.2) is 0 Å². The van der Waals surface area contributed by atoms with E-state index in [1.54, 1.807) is 18.5 Å². The molecule has 26 heavy (non-hydrogen) atoms. The maximum Gasteiger partial charge on any atom is 0.267 e. The Kier molecular flexibility index (Phi) is 5.91. The zero-order chi connectivity index (χ0) is 18.4. The van der Waals surface area contributed by atoms with Gasteiger partial charge in [-0.1, -0.05) is 28.1 Å². The van der Waals surface area contributed by atoms with Gasteiger partial charge in [-0.2, -0.15) is 5.10 Å². The molecule has 0 aliphatic heterocycles. The number of hydrogen-bond acceptors (Lipinski definition) is 4. The van der Waals surface area contributed by atoms with Crippen molar-refractivity contribution in [3.05, 3.63) is 81.3 Å². The molecule has 2 heterocycles. The molecule has 0 spiro atoms. The third-order valence-electron chi connectivity index (χ3n) is 3.79. The van der Waals surface area contributed by atoms with E-state index in [0.717, 1.165) is 15.6 Å². The van der Waals surface area contributed by atoms with Gasteiger partial charge in [-0.25, -0.2) is 4.68 Å². The Labute approximate surface area is 159 Å². The van der Waals surface area contributed by atoms with Crippen molar-refractivity contribution in [1.82, 2.24) is 20.1 Å². The van der Waals surface area contributed by atoms with E-state index >= 15 is 0 Å². The predicted octanol–water partition coefficient (Wildman–Crippen LogP) is 2.43. The van der Waals surface area contributed by atoms with Gasteiger partial charge in [0.1, 0.15) is 6.54 Å².